The molecule has 2 N–H and O–H groups in total. The summed E-state index contributed by atoms with van der Waals surface area (Å²) in [5.74, 6) is -0.281. The maximum Gasteiger partial charge on any atom is 0.162 e. The van der Waals surface area contributed by atoms with Crippen molar-refractivity contribution in [2.24, 2.45) is 0 Å². The van der Waals surface area contributed by atoms with Gasteiger partial charge >= 0.3 is 0 Å². The fourth-order valence-corrected chi connectivity index (χ4v) is 6.07. The van der Waals surface area contributed by atoms with Crippen LogP contribution in [0.5, 0.6) is 17.2 Å². The van der Waals surface area contributed by atoms with Crippen molar-refractivity contribution in [3.05, 3.63) is 101 Å². The number of ether oxygens (including phenoxy) is 7. The summed E-state index contributed by atoms with van der Waals surface area (Å²) in [6.45, 7) is 2.80. The second kappa shape index (κ2) is 18.2. The molecule has 0 spiro atoms. The third kappa shape index (κ3) is 9.87. The Morgan fingerprint density at radius 1 is 0.796 bits per heavy atom. The molecular formula is C38H45F2NO8. The number of hydrogen-bond acceptors (Lipinski definition) is 9. The van der Waals surface area contributed by atoms with Crippen LogP contribution in [-0.4, -0.2) is 84.3 Å². The topological polar surface area (TPSA) is 96.9 Å². The number of fused-ring (bicyclic) bond motifs is 1. The lowest BCUT2D eigenvalue weighted by Gasteiger charge is -2.39. The number of rotatable bonds is 18. The molecule has 1 heterocycles. The van der Waals surface area contributed by atoms with Gasteiger partial charge in [0.1, 0.15) is 23.4 Å². The summed E-state index contributed by atoms with van der Waals surface area (Å²) < 4.78 is 67.4. The van der Waals surface area contributed by atoms with Crippen molar-refractivity contribution >= 4 is 10.8 Å². The van der Waals surface area contributed by atoms with E-state index in [4.69, 9.17) is 33.2 Å². The Morgan fingerprint density at radius 3 is 2.29 bits per heavy atom. The van der Waals surface area contributed by atoms with Gasteiger partial charge in [-0.05, 0) is 46.8 Å². The summed E-state index contributed by atoms with van der Waals surface area (Å²) in [7, 11) is 4.62. The third-order valence-electron chi connectivity index (χ3n) is 8.47. The van der Waals surface area contributed by atoms with Crippen LogP contribution in [0, 0.1) is 11.6 Å². The van der Waals surface area contributed by atoms with Crippen LogP contribution in [0.1, 0.15) is 29.0 Å². The number of piperidine rings is 1. The van der Waals surface area contributed by atoms with Gasteiger partial charge in [-0.1, -0.05) is 36.4 Å². The molecule has 4 aromatic carbocycles. The van der Waals surface area contributed by atoms with Gasteiger partial charge in [0.05, 0.1) is 66.1 Å². The molecule has 0 radical (unpaired) electrons. The van der Waals surface area contributed by atoms with Gasteiger partial charge in [-0.3, -0.25) is 0 Å². The van der Waals surface area contributed by atoms with E-state index in [0.29, 0.717) is 50.6 Å². The Labute approximate surface area is 286 Å². The van der Waals surface area contributed by atoms with Crippen LogP contribution in [0.15, 0.2) is 72.8 Å². The number of nitrogens with one attached hydrogen (secondary N) is 1. The van der Waals surface area contributed by atoms with Gasteiger partial charge in [0.15, 0.2) is 11.6 Å². The van der Waals surface area contributed by atoms with Gasteiger partial charge in [-0.15, -0.1) is 0 Å². The molecule has 9 nitrogen and oxygen atoms in total. The first-order valence-corrected chi connectivity index (χ1v) is 16.4. The first-order valence-electron chi connectivity index (χ1n) is 16.4. The maximum atomic E-state index is 13.6. The van der Waals surface area contributed by atoms with Crippen LogP contribution in [-0.2, 0) is 32.2 Å². The summed E-state index contributed by atoms with van der Waals surface area (Å²) in [5.41, 5.74) is 2.47. The summed E-state index contributed by atoms with van der Waals surface area (Å²) in [5, 5.41) is 15.9. The lowest BCUT2D eigenvalue weighted by Crippen LogP contribution is -2.51. The highest BCUT2D eigenvalue weighted by Gasteiger charge is 2.36. The van der Waals surface area contributed by atoms with Crippen molar-refractivity contribution in [2.75, 3.05) is 60.8 Å². The van der Waals surface area contributed by atoms with Gasteiger partial charge < -0.3 is 43.6 Å². The van der Waals surface area contributed by atoms with Crippen LogP contribution in [0.3, 0.4) is 0 Å². The van der Waals surface area contributed by atoms with Crippen molar-refractivity contribution in [3.8, 4) is 17.2 Å². The van der Waals surface area contributed by atoms with E-state index in [2.05, 4.69) is 17.4 Å². The van der Waals surface area contributed by atoms with E-state index in [1.54, 1.807) is 14.2 Å². The molecule has 0 aromatic heterocycles. The quantitative estimate of drug-likeness (QED) is 0.127. The first-order chi connectivity index (χ1) is 23.9. The minimum atomic E-state index is -0.964. The average molecular weight is 682 g/mol. The van der Waals surface area contributed by atoms with Gasteiger partial charge in [0, 0.05) is 49.6 Å². The minimum absolute atomic E-state index is 0.0920. The summed E-state index contributed by atoms with van der Waals surface area (Å²) >= 11 is 0. The smallest absolute Gasteiger partial charge is 0.162 e. The Kier molecular flexibility index (Phi) is 13.6. The predicted molar refractivity (Wildman–Crippen MR) is 181 cm³/mol. The Balaban J connectivity index is 1.20. The lowest BCUT2D eigenvalue weighted by molar-refractivity contribution is -0.0856. The fraction of sp³-hybridized carbons (Fsp3) is 0.421. The Hall–Kier alpha value is -3.84. The molecule has 0 bridgehead atoms. The Bertz CT molecular complexity index is 1620. The van der Waals surface area contributed by atoms with Crippen LogP contribution in [0.4, 0.5) is 8.78 Å². The molecule has 264 valence electrons. The summed E-state index contributed by atoms with van der Waals surface area (Å²) in [6, 6.07) is 22.2. The van der Waals surface area contributed by atoms with E-state index in [1.807, 2.05) is 48.5 Å². The zero-order valence-electron chi connectivity index (χ0n) is 28.2. The van der Waals surface area contributed by atoms with Gasteiger partial charge in [-0.2, -0.15) is 0 Å². The van der Waals surface area contributed by atoms with Gasteiger partial charge in [0.25, 0.3) is 0 Å². The Morgan fingerprint density at radius 2 is 1.53 bits per heavy atom. The largest absolute Gasteiger partial charge is 0.496 e. The monoisotopic (exact) mass is 681 g/mol. The second-order valence-corrected chi connectivity index (χ2v) is 11.9. The standard InChI is InChI=1S/C38H45F2NO8/c1-43-23-29(42)24-49-37-20-41-19-36(48-21-25-15-27-7-4-5-8-31(27)35(16-25)45-3)38(37)26-9-11-30(12-10-26)47-14-6-13-46-22-28-17-32(39)33(40)18-34(28)44-2/h4-5,7-12,15-18,29,36-38,41-42H,6,13-14,19-24H2,1-3H3/t29-,36?,37-,38-/m1/s1. The highest BCUT2D eigenvalue weighted by Crippen LogP contribution is 2.33. The fourth-order valence-electron chi connectivity index (χ4n) is 6.07. The first kappa shape index (κ1) is 36.4. The van der Waals surface area contributed by atoms with Crippen LogP contribution >= 0.6 is 0 Å². The van der Waals surface area contributed by atoms with E-state index in [0.717, 1.165) is 39.8 Å². The number of aliphatic hydroxyl groups is 1. The SMILES string of the molecule is COC[C@@H](O)CO[C@@H]1CNCC(OCc2cc(OC)c3ccccc3c2)[C@H]1c1ccc(OCCCOCc2cc(F)c(F)cc2OC)cc1. The van der Waals surface area contributed by atoms with E-state index >= 15 is 0 Å². The number of benzene rings is 4. The van der Waals surface area contributed by atoms with E-state index in [1.165, 1.54) is 7.11 Å². The van der Waals surface area contributed by atoms with Crippen molar-refractivity contribution in [2.45, 2.75) is 43.9 Å². The lowest BCUT2D eigenvalue weighted by atomic mass is 9.85. The number of halogens is 2. The molecule has 0 saturated carbocycles. The molecule has 0 amide bonds. The normalized spacial score (nSPS) is 18.4. The minimum Gasteiger partial charge on any atom is -0.496 e. The summed E-state index contributed by atoms with van der Waals surface area (Å²) in [6.07, 6.45) is -0.617. The van der Waals surface area contributed by atoms with E-state index in [-0.39, 0.29) is 43.7 Å². The van der Waals surface area contributed by atoms with E-state index < -0.39 is 17.7 Å². The molecule has 4 aromatic rings. The number of hydrogen-bond donors (Lipinski definition) is 2. The average Bonchev–Trinajstić information content (AvgIpc) is 3.12. The van der Waals surface area contributed by atoms with Crippen LogP contribution in [0.2, 0.25) is 0 Å². The van der Waals surface area contributed by atoms with Crippen molar-refractivity contribution < 1.29 is 47.0 Å². The summed E-state index contributed by atoms with van der Waals surface area (Å²) in [4.78, 5) is 0. The van der Waals surface area contributed by atoms with Crippen molar-refractivity contribution in [1.82, 2.24) is 5.32 Å². The molecule has 0 aliphatic carbocycles. The van der Waals surface area contributed by atoms with Crippen molar-refractivity contribution in [1.29, 1.82) is 0 Å². The molecule has 1 saturated heterocycles. The molecule has 11 heteroatoms. The maximum absolute atomic E-state index is 13.6. The number of aliphatic hydroxyl groups excluding tert-OH is 1. The van der Waals surface area contributed by atoms with Crippen LogP contribution < -0.4 is 19.5 Å². The highest BCUT2D eigenvalue weighted by molar-refractivity contribution is 5.89. The molecular weight excluding hydrogens is 636 g/mol. The number of methoxy groups -OCH3 is 3. The van der Waals surface area contributed by atoms with Gasteiger partial charge in [-0.25, -0.2) is 8.78 Å². The highest BCUT2D eigenvalue weighted by atomic mass is 19.2. The molecule has 5 rings (SSSR count). The van der Waals surface area contributed by atoms with E-state index in [9.17, 15) is 13.9 Å². The van der Waals surface area contributed by atoms with Gasteiger partial charge in [0.2, 0.25) is 0 Å². The van der Waals surface area contributed by atoms with Crippen LogP contribution in [0.25, 0.3) is 10.8 Å². The zero-order valence-corrected chi connectivity index (χ0v) is 28.2. The molecule has 1 unspecified atom stereocenters. The molecule has 49 heavy (non-hydrogen) atoms. The zero-order chi connectivity index (χ0) is 34.6. The third-order valence-corrected chi connectivity index (χ3v) is 8.47. The predicted octanol–water partition coefficient (Wildman–Crippen LogP) is 5.79. The molecule has 1 aliphatic heterocycles. The van der Waals surface area contributed by atoms with Crippen molar-refractivity contribution in [3.63, 3.8) is 0 Å². The molecule has 1 aliphatic rings. The second-order valence-electron chi connectivity index (χ2n) is 11.9. The molecule has 1 fully saturated rings. The molecule has 4 atom stereocenters.